The summed E-state index contributed by atoms with van der Waals surface area (Å²) in [4.78, 5) is 12.8. The number of hydrogen-bond acceptors (Lipinski definition) is 5. The normalized spacial score (nSPS) is 11.1. The van der Waals surface area contributed by atoms with Gasteiger partial charge in [-0.15, -0.1) is 0 Å². The van der Waals surface area contributed by atoms with Gasteiger partial charge < -0.3 is 14.8 Å². The molecule has 0 aliphatic rings. The maximum absolute atomic E-state index is 13.1. The first kappa shape index (κ1) is 25.1. The van der Waals surface area contributed by atoms with E-state index in [9.17, 15) is 13.2 Å². The van der Waals surface area contributed by atoms with E-state index in [0.717, 1.165) is 16.7 Å². The monoisotopic (exact) mass is 482 g/mol. The summed E-state index contributed by atoms with van der Waals surface area (Å²) in [7, 11) is -0.727. The first-order valence-corrected chi connectivity index (χ1v) is 12.3. The van der Waals surface area contributed by atoms with Gasteiger partial charge in [0.1, 0.15) is 0 Å². The number of benzene rings is 3. The Balaban J connectivity index is 1.72. The zero-order chi connectivity index (χ0) is 24.9. The zero-order valence-corrected chi connectivity index (χ0v) is 20.9. The molecule has 2 N–H and O–H groups in total. The van der Waals surface area contributed by atoms with Crippen molar-refractivity contribution >= 4 is 21.6 Å². The van der Waals surface area contributed by atoms with E-state index in [4.69, 9.17) is 9.47 Å². The molecule has 0 atom stereocenters. The van der Waals surface area contributed by atoms with Gasteiger partial charge in [-0.25, -0.2) is 8.42 Å². The molecule has 0 radical (unpaired) electrons. The molecule has 0 aliphatic heterocycles. The van der Waals surface area contributed by atoms with Crippen molar-refractivity contribution in [1.82, 2.24) is 5.32 Å². The molecule has 1 amide bonds. The van der Waals surface area contributed by atoms with Gasteiger partial charge in [-0.2, -0.15) is 0 Å². The minimum absolute atomic E-state index is 0.0703. The largest absolute Gasteiger partial charge is 0.493 e. The molecule has 3 aromatic carbocycles. The van der Waals surface area contributed by atoms with Crippen LogP contribution in [0.4, 0.5) is 5.69 Å². The van der Waals surface area contributed by atoms with Gasteiger partial charge in [-0.1, -0.05) is 24.3 Å². The smallest absolute Gasteiger partial charge is 0.262 e. The summed E-state index contributed by atoms with van der Waals surface area (Å²) in [6.45, 7) is 5.87. The Labute approximate surface area is 201 Å². The van der Waals surface area contributed by atoms with Gasteiger partial charge in [0.05, 0.1) is 24.8 Å². The number of carbonyl (C=O) groups is 1. The molecule has 8 heteroatoms. The van der Waals surface area contributed by atoms with Crippen LogP contribution in [0, 0.1) is 20.8 Å². The molecule has 0 saturated heterocycles. The molecule has 0 saturated carbocycles. The quantitative estimate of drug-likeness (QED) is 0.471. The molecule has 0 bridgehead atoms. The molecule has 3 aromatic rings. The van der Waals surface area contributed by atoms with Crippen LogP contribution in [0.25, 0.3) is 0 Å². The number of methoxy groups -OCH3 is 2. The lowest BCUT2D eigenvalue weighted by molar-refractivity contribution is 0.0954. The highest BCUT2D eigenvalue weighted by atomic mass is 32.2. The minimum atomic E-state index is -3.87. The van der Waals surface area contributed by atoms with Crippen molar-refractivity contribution in [3.8, 4) is 11.5 Å². The van der Waals surface area contributed by atoms with Gasteiger partial charge in [-0.05, 0) is 79.8 Å². The fraction of sp³-hybridized carbons (Fsp3) is 0.269. The summed E-state index contributed by atoms with van der Waals surface area (Å²) in [5, 5.41) is 2.85. The van der Waals surface area contributed by atoms with Crippen LogP contribution in [0.15, 0.2) is 59.5 Å². The number of nitrogens with one attached hydrogen (secondary N) is 2. The number of sulfonamides is 1. The van der Waals surface area contributed by atoms with Crippen LogP contribution in [0.1, 0.15) is 32.6 Å². The lowest BCUT2D eigenvalue weighted by Gasteiger charge is -2.15. The molecule has 0 aromatic heterocycles. The summed E-state index contributed by atoms with van der Waals surface area (Å²) in [5.41, 5.74) is 4.17. The topological polar surface area (TPSA) is 93.7 Å². The molecular weight excluding hydrogens is 452 g/mol. The average molecular weight is 483 g/mol. The number of hydrogen-bond donors (Lipinski definition) is 2. The Bertz CT molecular complexity index is 1300. The predicted molar refractivity (Wildman–Crippen MR) is 133 cm³/mol. The number of rotatable bonds is 9. The van der Waals surface area contributed by atoms with Gasteiger partial charge in [0, 0.05) is 12.1 Å². The van der Waals surface area contributed by atoms with Crippen LogP contribution in [-0.2, 0) is 16.4 Å². The van der Waals surface area contributed by atoms with Gasteiger partial charge in [0.2, 0.25) is 0 Å². The second-order valence-electron chi connectivity index (χ2n) is 8.03. The van der Waals surface area contributed by atoms with E-state index >= 15 is 0 Å². The fourth-order valence-corrected chi connectivity index (χ4v) is 4.95. The molecule has 0 unspecified atom stereocenters. The van der Waals surface area contributed by atoms with Crippen LogP contribution in [0.5, 0.6) is 11.5 Å². The van der Waals surface area contributed by atoms with Gasteiger partial charge in [0.25, 0.3) is 15.9 Å². The third-order valence-electron chi connectivity index (χ3n) is 5.74. The highest BCUT2D eigenvalue weighted by Crippen LogP contribution is 2.28. The van der Waals surface area contributed by atoms with Crippen LogP contribution in [0.2, 0.25) is 0 Å². The van der Waals surface area contributed by atoms with Crippen molar-refractivity contribution in [3.05, 3.63) is 82.4 Å². The molecule has 7 nitrogen and oxygen atoms in total. The molecule has 0 spiro atoms. The first-order chi connectivity index (χ1) is 16.2. The van der Waals surface area contributed by atoms with E-state index in [1.165, 1.54) is 6.07 Å². The van der Waals surface area contributed by atoms with Gasteiger partial charge in [0.15, 0.2) is 11.5 Å². The van der Waals surface area contributed by atoms with E-state index < -0.39 is 10.0 Å². The van der Waals surface area contributed by atoms with Crippen LogP contribution >= 0.6 is 0 Å². The lowest BCUT2D eigenvalue weighted by atomic mass is 10.1. The van der Waals surface area contributed by atoms with Crippen LogP contribution in [-0.4, -0.2) is 35.1 Å². The summed E-state index contributed by atoms with van der Waals surface area (Å²) in [6, 6.07) is 15.7. The first-order valence-electron chi connectivity index (χ1n) is 10.8. The molecule has 0 aliphatic carbocycles. The third-order valence-corrected chi connectivity index (χ3v) is 7.24. The minimum Gasteiger partial charge on any atom is -0.493 e. The van der Waals surface area contributed by atoms with E-state index in [1.807, 2.05) is 38.1 Å². The Kier molecular flexibility index (Phi) is 7.83. The number of carbonyl (C=O) groups excluding carboxylic acids is 1. The van der Waals surface area contributed by atoms with Crippen molar-refractivity contribution in [3.63, 3.8) is 0 Å². The molecular formula is C26H30N2O5S. The van der Waals surface area contributed by atoms with Crippen LogP contribution in [0.3, 0.4) is 0 Å². The lowest BCUT2D eigenvalue weighted by Crippen LogP contribution is -2.26. The number of amides is 1. The van der Waals surface area contributed by atoms with Crippen molar-refractivity contribution < 1.29 is 22.7 Å². The van der Waals surface area contributed by atoms with Crippen molar-refractivity contribution in [2.45, 2.75) is 32.1 Å². The predicted octanol–water partition coefficient (Wildman–Crippen LogP) is 4.40. The van der Waals surface area contributed by atoms with Crippen LogP contribution < -0.4 is 19.5 Å². The van der Waals surface area contributed by atoms with E-state index in [0.29, 0.717) is 35.7 Å². The number of ether oxygens (including phenoxy) is 2. The van der Waals surface area contributed by atoms with E-state index in [2.05, 4.69) is 10.0 Å². The highest BCUT2D eigenvalue weighted by molar-refractivity contribution is 7.92. The van der Waals surface area contributed by atoms with E-state index in [1.54, 1.807) is 45.4 Å². The second kappa shape index (κ2) is 10.6. The summed E-state index contributed by atoms with van der Waals surface area (Å²) in [6.07, 6.45) is 0.581. The summed E-state index contributed by atoms with van der Waals surface area (Å²) in [5.74, 6) is 0.915. The molecule has 3 rings (SSSR count). The third kappa shape index (κ3) is 5.69. The van der Waals surface area contributed by atoms with E-state index in [-0.39, 0.29) is 16.4 Å². The average Bonchev–Trinajstić information content (AvgIpc) is 2.81. The maximum atomic E-state index is 13.1. The van der Waals surface area contributed by atoms with Crippen molar-refractivity contribution in [2.75, 3.05) is 25.5 Å². The Morgan fingerprint density at radius 1 is 0.882 bits per heavy atom. The Morgan fingerprint density at radius 2 is 1.62 bits per heavy atom. The van der Waals surface area contributed by atoms with Gasteiger partial charge >= 0.3 is 0 Å². The zero-order valence-electron chi connectivity index (χ0n) is 20.1. The standard InChI is InChI=1S/C26H30N2O5S/c1-17-7-6-8-22(19(17)3)28-34(30,31)25-16-21(11-9-18(25)2)26(29)27-14-13-20-10-12-23(32-4)24(15-20)33-5/h6-12,15-16,28H,13-14H2,1-5H3,(H,27,29). The van der Waals surface area contributed by atoms with Crippen molar-refractivity contribution in [2.24, 2.45) is 0 Å². The Hall–Kier alpha value is -3.52. The SMILES string of the molecule is COc1ccc(CCNC(=O)c2ccc(C)c(S(=O)(=O)Nc3cccc(C)c3C)c2)cc1OC. The van der Waals surface area contributed by atoms with Gasteiger partial charge in [-0.3, -0.25) is 9.52 Å². The molecule has 34 heavy (non-hydrogen) atoms. The molecule has 0 heterocycles. The summed E-state index contributed by atoms with van der Waals surface area (Å²) < 4.78 is 39.4. The maximum Gasteiger partial charge on any atom is 0.262 e. The highest BCUT2D eigenvalue weighted by Gasteiger charge is 2.20. The van der Waals surface area contributed by atoms with Crippen molar-refractivity contribution in [1.29, 1.82) is 0 Å². The second-order valence-corrected chi connectivity index (χ2v) is 9.68. The number of aryl methyl sites for hydroxylation is 2. The molecule has 180 valence electrons. The fourth-order valence-electron chi connectivity index (χ4n) is 3.55. The summed E-state index contributed by atoms with van der Waals surface area (Å²) >= 11 is 0. The molecule has 0 fully saturated rings. The number of anilines is 1. The Morgan fingerprint density at radius 3 is 2.32 bits per heavy atom.